The van der Waals surface area contributed by atoms with Gasteiger partial charge in [0.15, 0.2) is 0 Å². The number of nitrogens with zero attached hydrogens (tertiary/aromatic N) is 3. The van der Waals surface area contributed by atoms with Gasteiger partial charge in [0.2, 0.25) is 5.88 Å². The van der Waals surface area contributed by atoms with Crippen LogP contribution in [0.15, 0.2) is 78.9 Å². The van der Waals surface area contributed by atoms with Crippen LogP contribution < -0.4 is 4.74 Å². The molecule has 1 N–H and O–H groups in total. The lowest BCUT2D eigenvalue weighted by Crippen LogP contribution is -1.98. The molecule has 34 heavy (non-hydrogen) atoms. The highest BCUT2D eigenvalue weighted by Gasteiger charge is 2.15. The molecule has 3 aromatic carbocycles. The fourth-order valence-corrected chi connectivity index (χ4v) is 4.63. The van der Waals surface area contributed by atoms with Crippen LogP contribution in [-0.4, -0.2) is 19.6 Å². The van der Waals surface area contributed by atoms with Crippen molar-refractivity contribution in [2.75, 3.05) is 0 Å². The third kappa shape index (κ3) is 3.25. The molecular weight excluding hydrogens is 422 g/mol. The van der Waals surface area contributed by atoms with Gasteiger partial charge < -0.3 is 9.84 Å². The van der Waals surface area contributed by atoms with E-state index in [0.717, 1.165) is 49.8 Å². The number of rotatable bonds is 3. The van der Waals surface area contributed by atoms with E-state index in [0.29, 0.717) is 17.1 Å². The van der Waals surface area contributed by atoms with Gasteiger partial charge in [0, 0.05) is 33.5 Å². The fourth-order valence-electron chi connectivity index (χ4n) is 4.63. The van der Waals surface area contributed by atoms with Crippen LogP contribution in [0.2, 0.25) is 0 Å². The van der Waals surface area contributed by atoms with Crippen LogP contribution in [0.3, 0.4) is 0 Å². The van der Waals surface area contributed by atoms with Gasteiger partial charge in [-0.2, -0.15) is 0 Å². The zero-order chi connectivity index (χ0) is 23.4. The molecule has 0 fully saturated rings. The Morgan fingerprint density at radius 2 is 1.59 bits per heavy atom. The lowest BCUT2D eigenvalue weighted by Gasteiger charge is -2.12. The molecule has 5 nitrogen and oxygen atoms in total. The number of pyridine rings is 2. The summed E-state index contributed by atoms with van der Waals surface area (Å²) in [6.45, 7) is 5.92. The van der Waals surface area contributed by atoms with Crippen molar-refractivity contribution in [2.45, 2.75) is 20.8 Å². The van der Waals surface area contributed by atoms with Crippen LogP contribution in [0.1, 0.15) is 16.8 Å². The maximum absolute atomic E-state index is 10.4. The molecule has 0 atom stereocenters. The number of hydrogen-bond donors (Lipinski definition) is 1. The molecule has 0 unspecified atom stereocenters. The highest BCUT2D eigenvalue weighted by molar-refractivity contribution is 6.09. The number of fused-ring (bicyclic) bond motifs is 4. The molecule has 6 rings (SSSR count). The monoisotopic (exact) mass is 445 g/mol. The van der Waals surface area contributed by atoms with Crippen LogP contribution in [0, 0.1) is 20.8 Å². The predicted octanol–water partition coefficient (Wildman–Crippen LogP) is 7.15. The summed E-state index contributed by atoms with van der Waals surface area (Å²) < 4.78 is 8.43. The second-order valence-corrected chi connectivity index (χ2v) is 8.74. The lowest BCUT2D eigenvalue weighted by molar-refractivity contribution is 0.457. The minimum Gasteiger partial charge on any atom is -0.506 e. The van der Waals surface area contributed by atoms with Crippen molar-refractivity contribution in [3.63, 3.8) is 0 Å². The van der Waals surface area contributed by atoms with E-state index in [1.54, 1.807) is 6.07 Å². The summed E-state index contributed by atoms with van der Waals surface area (Å²) in [7, 11) is 0. The molecule has 0 aliphatic carbocycles. The van der Waals surface area contributed by atoms with Crippen LogP contribution in [-0.2, 0) is 0 Å². The number of aromatic hydroxyl groups is 1. The number of aryl methyl sites for hydroxylation is 3. The Balaban J connectivity index is 1.53. The first-order valence-electron chi connectivity index (χ1n) is 11.2. The predicted molar refractivity (Wildman–Crippen MR) is 136 cm³/mol. The summed E-state index contributed by atoms with van der Waals surface area (Å²) in [5.74, 6) is 2.16. The van der Waals surface area contributed by atoms with Gasteiger partial charge in [0.25, 0.3) is 0 Å². The zero-order valence-corrected chi connectivity index (χ0v) is 19.2. The summed E-state index contributed by atoms with van der Waals surface area (Å²) in [6.07, 6.45) is 0. The standard InChI is InChI=1S/C29H23N3O2/c1-17-13-20-15-18(2)29(31-28(20)26(33)14-17)34-21-11-12-23-22-8-4-5-9-24(22)32(25(23)16-21)27-10-6-7-19(3)30-27/h4-16,33H,1-3H3. The molecule has 166 valence electrons. The number of hydrogen-bond acceptors (Lipinski definition) is 4. The molecule has 0 spiro atoms. The van der Waals surface area contributed by atoms with E-state index < -0.39 is 0 Å². The summed E-state index contributed by atoms with van der Waals surface area (Å²) in [5.41, 5.74) is 5.48. The third-order valence-electron chi connectivity index (χ3n) is 6.15. The average Bonchev–Trinajstić information content (AvgIpc) is 3.13. The average molecular weight is 446 g/mol. The number of phenolic OH excluding ortho intramolecular Hbond substituents is 1. The minimum absolute atomic E-state index is 0.154. The van der Waals surface area contributed by atoms with Crippen molar-refractivity contribution in [3.8, 4) is 23.2 Å². The Morgan fingerprint density at radius 3 is 2.44 bits per heavy atom. The van der Waals surface area contributed by atoms with Crippen molar-refractivity contribution in [2.24, 2.45) is 0 Å². The summed E-state index contributed by atoms with van der Waals surface area (Å²) in [6, 6.07) is 26.2. The molecule has 0 radical (unpaired) electrons. The highest BCUT2D eigenvalue weighted by Crippen LogP contribution is 2.36. The topological polar surface area (TPSA) is 60.2 Å². The van der Waals surface area contributed by atoms with E-state index in [4.69, 9.17) is 9.72 Å². The Bertz CT molecular complexity index is 1730. The van der Waals surface area contributed by atoms with E-state index >= 15 is 0 Å². The first-order chi connectivity index (χ1) is 16.5. The second kappa shape index (κ2) is 7.59. The second-order valence-electron chi connectivity index (χ2n) is 8.74. The first-order valence-corrected chi connectivity index (χ1v) is 11.2. The molecule has 0 aliphatic rings. The molecule has 0 aliphatic heterocycles. The van der Waals surface area contributed by atoms with Crippen LogP contribution >= 0.6 is 0 Å². The quantitative estimate of drug-likeness (QED) is 0.314. The minimum atomic E-state index is 0.154. The largest absolute Gasteiger partial charge is 0.506 e. The van der Waals surface area contributed by atoms with Crippen molar-refractivity contribution >= 4 is 32.7 Å². The number of phenols is 1. The molecular formula is C29H23N3O2. The van der Waals surface area contributed by atoms with E-state index in [1.165, 1.54) is 0 Å². The van der Waals surface area contributed by atoms with Gasteiger partial charge >= 0.3 is 0 Å². The van der Waals surface area contributed by atoms with Gasteiger partial charge in [-0.15, -0.1) is 0 Å². The number of para-hydroxylation sites is 1. The Kier molecular flexibility index (Phi) is 4.52. The van der Waals surface area contributed by atoms with Gasteiger partial charge in [-0.05, 0) is 74.9 Å². The van der Waals surface area contributed by atoms with E-state index in [9.17, 15) is 5.11 Å². The Morgan fingerprint density at radius 1 is 0.765 bits per heavy atom. The lowest BCUT2D eigenvalue weighted by atomic mass is 10.1. The van der Waals surface area contributed by atoms with E-state index in [2.05, 4.69) is 33.8 Å². The molecule has 0 saturated heterocycles. The third-order valence-corrected chi connectivity index (χ3v) is 6.15. The van der Waals surface area contributed by atoms with Crippen molar-refractivity contribution in [3.05, 3.63) is 95.7 Å². The highest BCUT2D eigenvalue weighted by atomic mass is 16.5. The smallest absolute Gasteiger partial charge is 0.222 e. The fraction of sp³-hybridized carbons (Fsp3) is 0.103. The zero-order valence-electron chi connectivity index (χ0n) is 19.2. The summed E-state index contributed by atoms with van der Waals surface area (Å²) in [5, 5.41) is 13.6. The Hall–Kier alpha value is -4.38. The molecule has 3 heterocycles. The summed E-state index contributed by atoms with van der Waals surface area (Å²) >= 11 is 0. The first kappa shape index (κ1) is 20.2. The number of aromatic nitrogens is 3. The van der Waals surface area contributed by atoms with Gasteiger partial charge in [-0.1, -0.05) is 24.3 Å². The van der Waals surface area contributed by atoms with Crippen molar-refractivity contribution in [1.82, 2.24) is 14.5 Å². The Labute approximate surface area is 196 Å². The van der Waals surface area contributed by atoms with E-state index in [1.807, 2.05) is 69.3 Å². The van der Waals surface area contributed by atoms with Crippen molar-refractivity contribution < 1.29 is 9.84 Å². The molecule has 6 aromatic rings. The normalized spacial score (nSPS) is 11.5. The van der Waals surface area contributed by atoms with Crippen molar-refractivity contribution in [1.29, 1.82) is 0 Å². The molecule has 5 heteroatoms. The van der Waals surface area contributed by atoms with Gasteiger partial charge in [0.05, 0.1) is 11.0 Å². The molecule has 0 bridgehead atoms. The van der Waals surface area contributed by atoms with Gasteiger partial charge in [0.1, 0.15) is 22.8 Å². The summed E-state index contributed by atoms with van der Waals surface area (Å²) in [4.78, 5) is 9.41. The molecule has 0 amide bonds. The van der Waals surface area contributed by atoms with Gasteiger partial charge in [-0.3, -0.25) is 4.57 Å². The number of benzene rings is 3. The maximum Gasteiger partial charge on any atom is 0.222 e. The molecule has 3 aromatic heterocycles. The number of ether oxygens (including phenoxy) is 1. The van der Waals surface area contributed by atoms with Crippen LogP contribution in [0.4, 0.5) is 0 Å². The van der Waals surface area contributed by atoms with Crippen LogP contribution in [0.25, 0.3) is 38.5 Å². The maximum atomic E-state index is 10.4. The van der Waals surface area contributed by atoms with Crippen LogP contribution in [0.5, 0.6) is 17.4 Å². The SMILES string of the molecule is Cc1cc(O)c2nc(Oc3ccc4c5ccccc5n(-c5cccc(C)n5)c4c3)c(C)cc2c1. The van der Waals surface area contributed by atoms with Gasteiger partial charge in [-0.25, -0.2) is 9.97 Å². The van der Waals surface area contributed by atoms with E-state index in [-0.39, 0.29) is 5.75 Å². The molecule has 0 saturated carbocycles.